The second-order valence-corrected chi connectivity index (χ2v) is 5.20. The minimum Gasteiger partial charge on any atom is -0.367 e. The van der Waals surface area contributed by atoms with Crippen LogP contribution < -0.4 is 5.32 Å². The van der Waals surface area contributed by atoms with E-state index in [0.29, 0.717) is 6.04 Å². The summed E-state index contributed by atoms with van der Waals surface area (Å²) in [7, 11) is 0. The van der Waals surface area contributed by atoms with Gasteiger partial charge in [0, 0.05) is 30.1 Å². The maximum atomic E-state index is 5.79. The number of ether oxygens (including phenoxy) is 1. The molecule has 18 heavy (non-hydrogen) atoms. The average molecular weight is 249 g/mol. The normalized spacial score (nSPS) is 25.3. The van der Waals surface area contributed by atoms with E-state index in [-0.39, 0.29) is 5.60 Å². The SMILES string of the molecule is CCNC(C)c1cnc(C2(C)CCCO2)nc1C. The van der Waals surface area contributed by atoms with Gasteiger partial charge in [0.25, 0.3) is 0 Å². The number of nitrogens with one attached hydrogen (secondary N) is 1. The van der Waals surface area contributed by atoms with Gasteiger partial charge in [-0.3, -0.25) is 0 Å². The lowest BCUT2D eigenvalue weighted by Gasteiger charge is -2.23. The fraction of sp³-hybridized carbons (Fsp3) is 0.714. The number of aryl methyl sites for hydroxylation is 1. The largest absolute Gasteiger partial charge is 0.367 e. The van der Waals surface area contributed by atoms with Gasteiger partial charge in [-0.05, 0) is 40.2 Å². The van der Waals surface area contributed by atoms with Gasteiger partial charge in [0.15, 0.2) is 5.82 Å². The minimum atomic E-state index is -0.287. The molecule has 2 atom stereocenters. The maximum Gasteiger partial charge on any atom is 0.160 e. The zero-order chi connectivity index (χ0) is 13.2. The molecule has 1 aromatic rings. The lowest BCUT2D eigenvalue weighted by molar-refractivity contribution is 0.00913. The predicted molar refractivity (Wildman–Crippen MR) is 71.4 cm³/mol. The predicted octanol–water partition coefficient (Wildman–Crippen LogP) is 2.48. The molecule has 0 aliphatic carbocycles. The summed E-state index contributed by atoms with van der Waals surface area (Å²) in [4.78, 5) is 9.17. The van der Waals surface area contributed by atoms with E-state index in [0.717, 1.165) is 37.5 Å². The Kier molecular flexibility index (Phi) is 3.97. The summed E-state index contributed by atoms with van der Waals surface area (Å²) in [6.45, 7) is 10.1. The van der Waals surface area contributed by atoms with Crippen molar-refractivity contribution in [1.82, 2.24) is 15.3 Å². The van der Waals surface area contributed by atoms with Crippen LogP contribution in [-0.2, 0) is 10.3 Å². The van der Waals surface area contributed by atoms with Crippen molar-refractivity contribution in [2.75, 3.05) is 13.2 Å². The van der Waals surface area contributed by atoms with Crippen LogP contribution in [0.5, 0.6) is 0 Å². The van der Waals surface area contributed by atoms with Gasteiger partial charge >= 0.3 is 0 Å². The van der Waals surface area contributed by atoms with Crippen LogP contribution >= 0.6 is 0 Å². The fourth-order valence-electron chi connectivity index (χ4n) is 2.53. The molecule has 1 fully saturated rings. The molecular formula is C14H23N3O. The smallest absolute Gasteiger partial charge is 0.160 e. The van der Waals surface area contributed by atoms with E-state index in [1.54, 1.807) is 0 Å². The van der Waals surface area contributed by atoms with Crippen molar-refractivity contribution in [3.8, 4) is 0 Å². The molecule has 0 amide bonds. The van der Waals surface area contributed by atoms with E-state index < -0.39 is 0 Å². The van der Waals surface area contributed by atoms with Crippen LogP contribution in [0.1, 0.15) is 56.7 Å². The molecule has 2 rings (SSSR count). The first-order chi connectivity index (χ1) is 8.57. The Bertz CT molecular complexity index is 414. The minimum absolute atomic E-state index is 0.287. The summed E-state index contributed by atoms with van der Waals surface area (Å²) < 4.78 is 5.79. The van der Waals surface area contributed by atoms with Gasteiger partial charge in [-0.15, -0.1) is 0 Å². The third-order valence-electron chi connectivity index (χ3n) is 3.69. The molecular weight excluding hydrogens is 226 g/mol. The van der Waals surface area contributed by atoms with Gasteiger partial charge < -0.3 is 10.1 Å². The van der Waals surface area contributed by atoms with Gasteiger partial charge in [0.1, 0.15) is 5.60 Å². The van der Waals surface area contributed by atoms with Crippen molar-refractivity contribution in [1.29, 1.82) is 0 Å². The topological polar surface area (TPSA) is 47.0 Å². The third kappa shape index (κ3) is 2.54. The first-order valence-corrected chi connectivity index (χ1v) is 6.78. The number of aromatic nitrogens is 2. The van der Waals surface area contributed by atoms with Crippen LogP contribution in [0, 0.1) is 6.92 Å². The summed E-state index contributed by atoms with van der Waals surface area (Å²) in [5.41, 5.74) is 1.93. The van der Waals surface area contributed by atoms with E-state index in [1.807, 2.05) is 13.1 Å². The molecule has 2 heterocycles. The van der Waals surface area contributed by atoms with Gasteiger partial charge in [-0.1, -0.05) is 6.92 Å². The fourth-order valence-corrected chi connectivity index (χ4v) is 2.53. The molecule has 4 nitrogen and oxygen atoms in total. The molecule has 100 valence electrons. The van der Waals surface area contributed by atoms with Gasteiger partial charge in [-0.2, -0.15) is 0 Å². The first-order valence-electron chi connectivity index (χ1n) is 6.78. The molecule has 0 saturated carbocycles. The lowest BCUT2D eigenvalue weighted by Crippen LogP contribution is -2.25. The van der Waals surface area contributed by atoms with Gasteiger partial charge in [0.05, 0.1) is 0 Å². The number of nitrogens with zero attached hydrogens (tertiary/aromatic N) is 2. The highest BCUT2D eigenvalue weighted by molar-refractivity contribution is 5.21. The van der Waals surface area contributed by atoms with Gasteiger partial charge in [0.2, 0.25) is 0 Å². The van der Waals surface area contributed by atoms with Crippen molar-refractivity contribution in [2.24, 2.45) is 0 Å². The van der Waals surface area contributed by atoms with Crippen molar-refractivity contribution in [3.05, 3.63) is 23.3 Å². The number of hydrogen-bond donors (Lipinski definition) is 1. The van der Waals surface area contributed by atoms with E-state index >= 15 is 0 Å². The standard InChI is InChI=1S/C14H23N3O/c1-5-15-10(2)12-9-16-13(17-11(12)3)14(4)7-6-8-18-14/h9-10,15H,5-8H2,1-4H3. The van der Waals surface area contributed by atoms with Crippen molar-refractivity contribution >= 4 is 0 Å². The molecule has 1 aromatic heterocycles. The second kappa shape index (κ2) is 5.33. The van der Waals surface area contributed by atoms with Crippen LogP contribution in [0.15, 0.2) is 6.20 Å². The summed E-state index contributed by atoms with van der Waals surface area (Å²) in [6.07, 6.45) is 4.04. The van der Waals surface area contributed by atoms with Gasteiger partial charge in [-0.25, -0.2) is 9.97 Å². The Morgan fingerprint density at radius 1 is 1.56 bits per heavy atom. The molecule has 2 unspecified atom stereocenters. The van der Waals surface area contributed by atoms with E-state index in [9.17, 15) is 0 Å². The Labute approximate surface area is 109 Å². The van der Waals surface area contributed by atoms with Crippen LogP contribution in [0.2, 0.25) is 0 Å². The van der Waals surface area contributed by atoms with Crippen LogP contribution in [0.4, 0.5) is 0 Å². The molecule has 0 aromatic carbocycles. The molecule has 0 radical (unpaired) electrons. The van der Waals surface area contributed by atoms with Crippen LogP contribution in [0.3, 0.4) is 0 Å². The Balaban J connectivity index is 2.24. The number of hydrogen-bond acceptors (Lipinski definition) is 4. The van der Waals surface area contributed by atoms with Crippen molar-refractivity contribution in [2.45, 2.75) is 52.2 Å². The maximum absolute atomic E-state index is 5.79. The number of rotatable bonds is 4. The molecule has 1 aliphatic heterocycles. The summed E-state index contributed by atoms with van der Waals surface area (Å²) in [6, 6.07) is 0.293. The zero-order valence-electron chi connectivity index (χ0n) is 11.8. The third-order valence-corrected chi connectivity index (χ3v) is 3.69. The molecule has 4 heteroatoms. The highest BCUT2D eigenvalue weighted by Gasteiger charge is 2.35. The zero-order valence-corrected chi connectivity index (χ0v) is 11.8. The monoisotopic (exact) mass is 249 g/mol. The van der Waals surface area contributed by atoms with Crippen molar-refractivity contribution in [3.63, 3.8) is 0 Å². The average Bonchev–Trinajstić information content (AvgIpc) is 2.77. The summed E-state index contributed by atoms with van der Waals surface area (Å²) in [5, 5.41) is 3.39. The highest BCUT2D eigenvalue weighted by Crippen LogP contribution is 2.33. The molecule has 0 bridgehead atoms. The second-order valence-electron chi connectivity index (χ2n) is 5.20. The Morgan fingerprint density at radius 2 is 2.33 bits per heavy atom. The summed E-state index contributed by atoms with van der Waals surface area (Å²) in [5.74, 6) is 0.824. The van der Waals surface area contributed by atoms with Crippen LogP contribution in [0.25, 0.3) is 0 Å². The van der Waals surface area contributed by atoms with Crippen molar-refractivity contribution < 1.29 is 4.74 Å². The molecule has 0 spiro atoms. The molecule has 1 saturated heterocycles. The highest BCUT2D eigenvalue weighted by atomic mass is 16.5. The summed E-state index contributed by atoms with van der Waals surface area (Å²) >= 11 is 0. The van der Waals surface area contributed by atoms with E-state index in [1.165, 1.54) is 5.56 Å². The van der Waals surface area contributed by atoms with Crippen LogP contribution in [-0.4, -0.2) is 23.1 Å². The molecule has 1 N–H and O–H groups in total. The quantitative estimate of drug-likeness (QED) is 0.890. The van der Waals surface area contributed by atoms with E-state index in [4.69, 9.17) is 4.74 Å². The Morgan fingerprint density at radius 3 is 2.89 bits per heavy atom. The lowest BCUT2D eigenvalue weighted by atomic mass is 10.0. The first kappa shape index (κ1) is 13.4. The molecule has 1 aliphatic rings. The van der Waals surface area contributed by atoms with E-state index in [2.05, 4.69) is 36.1 Å². The Hall–Kier alpha value is -1.00.